The van der Waals surface area contributed by atoms with Gasteiger partial charge in [-0.15, -0.1) is 11.3 Å². The first-order chi connectivity index (χ1) is 13.2. The number of H-pyrrole nitrogens is 1. The number of aromatic amines is 1. The average molecular weight is 403 g/mol. The third-order valence-electron chi connectivity index (χ3n) is 4.92. The lowest BCUT2D eigenvalue weighted by Crippen LogP contribution is -2.27. The van der Waals surface area contributed by atoms with E-state index < -0.39 is 0 Å². The van der Waals surface area contributed by atoms with Crippen molar-refractivity contribution in [2.24, 2.45) is 0 Å². The van der Waals surface area contributed by atoms with Crippen LogP contribution in [0.5, 0.6) is 11.5 Å². The van der Waals surface area contributed by atoms with E-state index in [1.807, 2.05) is 34.3 Å². The molecule has 3 aromatic rings. The Labute approximate surface area is 167 Å². The Morgan fingerprint density at radius 3 is 2.93 bits per heavy atom. The molecule has 8 heteroatoms. The lowest BCUT2D eigenvalue weighted by molar-refractivity contribution is 0.187. The van der Waals surface area contributed by atoms with E-state index in [1.165, 1.54) is 5.56 Å². The molecule has 2 aromatic heterocycles. The fraction of sp³-hybridized carbons (Fsp3) is 0.368. The summed E-state index contributed by atoms with van der Waals surface area (Å²) in [4.78, 5) is 8.02. The molecule has 1 saturated heterocycles. The minimum Gasteiger partial charge on any atom is -0.497 e. The van der Waals surface area contributed by atoms with Crippen LogP contribution >= 0.6 is 23.6 Å². The van der Waals surface area contributed by atoms with Gasteiger partial charge in [0.25, 0.3) is 0 Å². The van der Waals surface area contributed by atoms with Crippen molar-refractivity contribution in [1.82, 2.24) is 19.7 Å². The molecule has 1 aliphatic rings. The Morgan fingerprint density at radius 1 is 1.30 bits per heavy atom. The normalized spacial score (nSPS) is 17.3. The predicted molar refractivity (Wildman–Crippen MR) is 109 cm³/mol. The molecular formula is C19H22N4O2S2. The maximum Gasteiger partial charge on any atom is 0.217 e. The van der Waals surface area contributed by atoms with Crippen molar-refractivity contribution in [3.63, 3.8) is 0 Å². The standard InChI is InChI=1S/C19H22N4O2S2/c1-24-13-7-8-14(16(11-13)25-2)15-5-3-9-22(15)12-23-19(26)20-18(21-23)17-6-4-10-27-17/h4,6-8,10-11,15H,3,5,9,12H2,1-2H3,(H,20,21,26)/t15-/m1/s1. The first kappa shape index (κ1) is 18.2. The number of nitrogens with zero attached hydrogens (tertiary/aromatic N) is 3. The van der Waals surface area contributed by atoms with Gasteiger partial charge in [0.2, 0.25) is 4.77 Å². The Morgan fingerprint density at radius 2 is 2.19 bits per heavy atom. The Balaban J connectivity index is 1.59. The highest BCUT2D eigenvalue weighted by Gasteiger charge is 2.29. The van der Waals surface area contributed by atoms with Gasteiger partial charge in [-0.25, -0.2) is 4.68 Å². The first-order valence-electron chi connectivity index (χ1n) is 8.86. The van der Waals surface area contributed by atoms with Crippen LogP contribution in [0.2, 0.25) is 0 Å². The summed E-state index contributed by atoms with van der Waals surface area (Å²) in [7, 11) is 3.37. The lowest BCUT2D eigenvalue weighted by Gasteiger charge is -2.26. The average Bonchev–Trinajstić information content (AvgIpc) is 3.43. The summed E-state index contributed by atoms with van der Waals surface area (Å²) in [6.45, 7) is 1.69. The number of rotatable bonds is 6. The minimum atomic E-state index is 0.279. The molecule has 0 spiro atoms. The quantitative estimate of drug-likeness (QED) is 0.616. The highest BCUT2D eigenvalue weighted by molar-refractivity contribution is 7.71. The summed E-state index contributed by atoms with van der Waals surface area (Å²) >= 11 is 7.13. The number of likely N-dealkylation sites (tertiary alicyclic amines) is 1. The highest BCUT2D eigenvalue weighted by atomic mass is 32.1. The number of thiophene rings is 1. The smallest absolute Gasteiger partial charge is 0.217 e. The molecule has 1 atom stereocenters. The molecule has 0 amide bonds. The molecule has 3 heterocycles. The molecule has 1 N–H and O–H groups in total. The van der Waals surface area contributed by atoms with Crippen molar-refractivity contribution in [2.45, 2.75) is 25.6 Å². The summed E-state index contributed by atoms with van der Waals surface area (Å²) in [5, 5.41) is 5.39. The second-order valence-corrected chi connectivity index (χ2v) is 7.79. The molecule has 27 heavy (non-hydrogen) atoms. The van der Waals surface area contributed by atoms with Gasteiger partial charge in [0, 0.05) is 24.2 Å². The van der Waals surface area contributed by atoms with Crippen LogP contribution in [0.15, 0.2) is 35.7 Å². The van der Waals surface area contributed by atoms with E-state index in [2.05, 4.69) is 21.0 Å². The monoisotopic (exact) mass is 402 g/mol. The van der Waals surface area contributed by atoms with Crippen LogP contribution in [0.4, 0.5) is 0 Å². The number of aromatic nitrogens is 3. The SMILES string of the molecule is COc1ccc([C@H]2CCCN2Cn2[nH]c(-c3cccs3)nc2=S)c(OC)c1. The second kappa shape index (κ2) is 7.84. The number of ether oxygens (including phenoxy) is 2. The highest BCUT2D eigenvalue weighted by Crippen LogP contribution is 2.38. The van der Waals surface area contributed by atoms with E-state index in [-0.39, 0.29) is 6.04 Å². The summed E-state index contributed by atoms with van der Waals surface area (Å²) in [5.74, 6) is 2.49. The predicted octanol–water partition coefficient (Wildman–Crippen LogP) is 4.48. The van der Waals surface area contributed by atoms with Crippen LogP contribution in [0.3, 0.4) is 0 Å². The van der Waals surface area contributed by atoms with Crippen molar-refractivity contribution >= 4 is 23.6 Å². The summed E-state index contributed by atoms with van der Waals surface area (Å²) in [6, 6.07) is 10.4. The van der Waals surface area contributed by atoms with Crippen LogP contribution in [-0.2, 0) is 6.67 Å². The van der Waals surface area contributed by atoms with Crippen LogP contribution in [0.1, 0.15) is 24.4 Å². The van der Waals surface area contributed by atoms with Gasteiger partial charge in [0.1, 0.15) is 11.5 Å². The number of methoxy groups -OCH3 is 2. The number of nitrogens with one attached hydrogen (secondary N) is 1. The van der Waals surface area contributed by atoms with Crippen LogP contribution in [0.25, 0.3) is 10.7 Å². The summed E-state index contributed by atoms with van der Waals surface area (Å²) < 4.78 is 13.5. The lowest BCUT2D eigenvalue weighted by atomic mass is 10.0. The number of hydrogen-bond acceptors (Lipinski definition) is 6. The zero-order valence-electron chi connectivity index (χ0n) is 15.3. The van der Waals surface area contributed by atoms with Gasteiger partial charge in [-0.3, -0.25) is 10.00 Å². The van der Waals surface area contributed by atoms with E-state index >= 15 is 0 Å². The van der Waals surface area contributed by atoms with Gasteiger partial charge in [0.05, 0.1) is 25.8 Å². The maximum absolute atomic E-state index is 5.62. The van der Waals surface area contributed by atoms with Gasteiger partial charge < -0.3 is 9.47 Å². The molecule has 142 valence electrons. The van der Waals surface area contributed by atoms with Gasteiger partial charge in [0.15, 0.2) is 5.82 Å². The first-order valence-corrected chi connectivity index (χ1v) is 10.1. The molecule has 1 fully saturated rings. The van der Waals surface area contributed by atoms with Crippen molar-refractivity contribution in [2.75, 3.05) is 20.8 Å². The van der Waals surface area contributed by atoms with E-state index in [4.69, 9.17) is 21.7 Å². The molecule has 6 nitrogen and oxygen atoms in total. The molecule has 0 bridgehead atoms. The molecule has 0 radical (unpaired) electrons. The number of benzene rings is 1. The topological polar surface area (TPSA) is 55.3 Å². The number of hydrogen-bond donors (Lipinski definition) is 1. The van der Waals surface area contributed by atoms with Gasteiger partial charge in [-0.1, -0.05) is 12.1 Å². The van der Waals surface area contributed by atoms with Crippen LogP contribution in [0, 0.1) is 4.77 Å². The molecule has 0 aliphatic carbocycles. The van der Waals surface area contributed by atoms with Crippen molar-refractivity contribution < 1.29 is 9.47 Å². The maximum atomic E-state index is 5.62. The fourth-order valence-electron chi connectivity index (χ4n) is 3.60. The Bertz CT molecular complexity index is 965. The van der Waals surface area contributed by atoms with Gasteiger partial charge >= 0.3 is 0 Å². The largest absolute Gasteiger partial charge is 0.497 e. The van der Waals surface area contributed by atoms with Crippen LogP contribution in [-0.4, -0.2) is 40.4 Å². The molecule has 1 aromatic carbocycles. The molecule has 1 aliphatic heterocycles. The molecule has 0 unspecified atom stereocenters. The fourth-order valence-corrected chi connectivity index (χ4v) is 4.46. The third kappa shape index (κ3) is 3.65. The summed E-state index contributed by atoms with van der Waals surface area (Å²) in [6.07, 6.45) is 2.22. The molecule has 4 rings (SSSR count). The zero-order chi connectivity index (χ0) is 18.8. The minimum absolute atomic E-state index is 0.279. The van der Waals surface area contributed by atoms with E-state index in [0.29, 0.717) is 11.4 Å². The second-order valence-electron chi connectivity index (χ2n) is 6.48. The van der Waals surface area contributed by atoms with Gasteiger partial charge in [-0.05, 0) is 42.6 Å². The Kier molecular flexibility index (Phi) is 5.29. The van der Waals surface area contributed by atoms with E-state index in [1.54, 1.807) is 25.6 Å². The van der Waals surface area contributed by atoms with E-state index in [9.17, 15) is 0 Å². The molecule has 0 saturated carbocycles. The van der Waals surface area contributed by atoms with Crippen LogP contribution < -0.4 is 9.47 Å². The van der Waals surface area contributed by atoms with Gasteiger partial charge in [-0.2, -0.15) is 4.98 Å². The molecular weight excluding hydrogens is 380 g/mol. The Hall–Kier alpha value is -2.16. The van der Waals surface area contributed by atoms with Crippen molar-refractivity contribution in [1.29, 1.82) is 0 Å². The van der Waals surface area contributed by atoms with Crippen molar-refractivity contribution in [3.05, 3.63) is 46.0 Å². The zero-order valence-corrected chi connectivity index (χ0v) is 17.0. The third-order valence-corrected chi connectivity index (χ3v) is 6.11. The summed E-state index contributed by atoms with van der Waals surface area (Å²) in [5.41, 5.74) is 1.18. The van der Waals surface area contributed by atoms with E-state index in [0.717, 1.165) is 41.6 Å². The van der Waals surface area contributed by atoms with Crippen molar-refractivity contribution in [3.8, 4) is 22.2 Å².